The molecule has 0 unspecified atom stereocenters. The Hall–Kier alpha value is -2.51. The third-order valence-electron chi connectivity index (χ3n) is 2.12. The zero-order valence-electron chi connectivity index (χ0n) is 10.3. The monoisotopic (exact) mass is 267 g/mol. The van der Waals surface area contributed by atoms with E-state index in [1.54, 1.807) is 19.0 Å². The molecule has 0 aliphatic rings. The van der Waals surface area contributed by atoms with Crippen molar-refractivity contribution in [2.24, 2.45) is 0 Å². The Morgan fingerprint density at radius 2 is 1.84 bits per heavy atom. The van der Waals surface area contributed by atoms with E-state index in [2.05, 4.69) is 15.0 Å². The van der Waals surface area contributed by atoms with Crippen LogP contribution >= 0.6 is 0 Å². The molecule has 1 aromatic carbocycles. The summed E-state index contributed by atoms with van der Waals surface area (Å²) in [7, 11) is 3.44. The topological polar surface area (TPSA) is 77.2 Å². The number of nitrogen functional groups attached to an aromatic ring is 1. The molecule has 6 nitrogen and oxygen atoms in total. The third-order valence-corrected chi connectivity index (χ3v) is 2.12. The van der Waals surface area contributed by atoms with Crippen molar-refractivity contribution in [1.82, 2.24) is 15.0 Å². The summed E-state index contributed by atoms with van der Waals surface area (Å²) in [6.45, 7) is 0. The molecule has 0 atom stereocenters. The molecule has 100 valence electrons. The van der Waals surface area contributed by atoms with Crippen LogP contribution in [0, 0.1) is 11.6 Å². The van der Waals surface area contributed by atoms with Gasteiger partial charge in [0.2, 0.25) is 11.9 Å². The molecular weight excluding hydrogens is 256 g/mol. The fourth-order valence-electron chi connectivity index (χ4n) is 1.25. The molecule has 2 N–H and O–H groups in total. The first-order valence-electron chi connectivity index (χ1n) is 5.27. The molecular formula is C11H11F2N5O. The Morgan fingerprint density at radius 3 is 2.47 bits per heavy atom. The number of benzene rings is 1. The van der Waals surface area contributed by atoms with Crippen LogP contribution in [0.2, 0.25) is 0 Å². The van der Waals surface area contributed by atoms with E-state index in [9.17, 15) is 8.78 Å². The molecule has 0 amide bonds. The van der Waals surface area contributed by atoms with E-state index < -0.39 is 11.6 Å². The highest BCUT2D eigenvalue weighted by Gasteiger charge is 2.10. The number of halogens is 2. The second-order valence-electron chi connectivity index (χ2n) is 3.85. The van der Waals surface area contributed by atoms with Crippen molar-refractivity contribution in [3.63, 3.8) is 0 Å². The van der Waals surface area contributed by atoms with Crippen LogP contribution in [0.4, 0.5) is 20.7 Å². The van der Waals surface area contributed by atoms with Gasteiger partial charge < -0.3 is 15.4 Å². The van der Waals surface area contributed by atoms with Crippen molar-refractivity contribution in [2.75, 3.05) is 24.7 Å². The van der Waals surface area contributed by atoms with Gasteiger partial charge in [-0.15, -0.1) is 0 Å². The highest BCUT2D eigenvalue weighted by Crippen LogP contribution is 2.21. The predicted octanol–water partition coefficient (Wildman–Crippen LogP) is 1.59. The van der Waals surface area contributed by atoms with Gasteiger partial charge in [-0.1, -0.05) is 0 Å². The maximum Gasteiger partial charge on any atom is 0.328 e. The first-order valence-corrected chi connectivity index (χ1v) is 5.27. The van der Waals surface area contributed by atoms with Crippen LogP contribution < -0.4 is 15.4 Å². The van der Waals surface area contributed by atoms with Gasteiger partial charge in [-0.2, -0.15) is 15.0 Å². The smallest absolute Gasteiger partial charge is 0.328 e. The lowest BCUT2D eigenvalue weighted by Crippen LogP contribution is -2.15. The van der Waals surface area contributed by atoms with Gasteiger partial charge in [0.15, 0.2) is 11.6 Å². The minimum atomic E-state index is -1.02. The maximum atomic E-state index is 13.0. The second kappa shape index (κ2) is 5.01. The van der Waals surface area contributed by atoms with Gasteiger partial charge in [0, 0.05) is 20.2 Å². The van der Waals surface area contributed by atoms with Crippen LogP contribution in [-0.4, -0.2) is 29.0 Å². The molecule has 0 aliphatic carbocycles. The Labute approximate surface area is 107 Å². The summed E-state index contributed by atoms with van der Waals surface area (Å²) in [6.07, 6.45) is 0. The molecule has 0 bridgehead atoms. The van der Waals surface area contributed by atoms with Gasteiger partial charge >= 0.3 is 6.01 Å². The first-order chi connectivity index (χ1) is 8.95. The zero-order valence-corrected chi connectivity index (χ0v) is 10.3. The van der Waals surface area contributed by atoms with Gasteiger partial charge in [-0.25, -0.2) is 8.78 Å². The summed E-state index contributed by atoms with van der Waals surface area (Å²) >= 11 is 0. The lowest BCUT2D eigenvalue weighted by atomic mass is 10.3. The average molecular weight is 267 g/mol. The van der Waals surface area contributed by atoms with E-state index in [0.29, 0.717) is 5.95 Å². The quantitative estimate of drug-likeness (QED) is 0.910. The first kappa shape index (κ1) is 12.9. The molecule has 2 rings (SSSR count). The van der Waals surface area contributed by atoms with E-state index >= 15 is 0 Å². The minimum Gasteiger partial charge on any atom is -0.424 e. The van der Waals surface area contributed by atoms with Crippen LogP contribution in [0.15, 0.2) is 18.2 Å². The highest BCUT2D eigenvalue weighted by atomic mass is 19.2. The van der Waals surface area contributed by atoms with Gasteiger partial charge in [-0.05, 0) is 12.1 Å². The summed E-state index contributed by atoms with van der Waals surface area (Å²) in [5.74, 6) is -1.65. The van der Waals surface area contributed by atoms with Gasteiger partial charge in [-0.3, -0.25) is 0 Å². The van der Waals surface area contributed by atoms with Crippen molar-refractivity contribution >= 4 is 11.9 Å². The summed E-state index contributed by atoms with van der Waals surface area (Å²) in [5.41, 5.74) is 5.50. The Balaban J connectivity index is 2.29. The van der Waals surface area contributed by atoms with Crippen LogP contribution in [0.3, 0.4) is 0 Å². The Bertz CT molecular complexity index is 606. The molecule has 1 heterocycles. The van der Waals surface area contributed by atoms with E-state index in [-0.39, 0.29) is 17.7 Å². The van der Waals surface area contributed by atoms with E-state index in [1.165, 1.54) is 6.07 Å². The number of nitrogens with two attached hydrogens (primary N) is 1. The normalized spacial score (nSPS) is 10.3. The van der Waals surface area contributed by atoms with Crippen molar-refractivity contribution in [3.8, 4) is 11.8 Å². The third kappa shape index (κ3) is 3.03. The lowest BCUT2D eigenvalue weighted by molar-refractivity contribution is 0.430. The summed E-state index contributed by atoms with van der Waals surface area (Å²) in [5, 5.41) is 0. The van der Waals surface area contributed by atoms with Gasteiger partial charge in [0.05, 0.1) is 0 Å². The highest BCUT2D eigenvalue weighted by molar-refractivity contribution is 5.35. The van der Waals surface area contributed by atoms with Crippen molar-refractivity contribution < 1.29 is 13.5 Å². The molecule has 0 aliphatic heterocycles. The predicted molar refractivity (Wildman–Crippen MR) is 65.0 cm³/mol. The maximum absolute atomic E-state index is 13.0. The average Bonchev–Trinajstić information content (AvgIpc) is 2.33. The molecule has 0 saturated carbocycles. The van der Waals surface area contributed by atoms with E-state index in [1.807, 2.05) is 0 Å². The van der Waals surface area contributed by atoms with Crippen LogP contribution in [-0.2, 0) is 0 Å². The lowest BCUT2D eigenvalue weighted by Gasteiger charge is -2.11. The molecule has 0 fully saturated rings. The number of hydrogen-bond donors (Lipinski definition) is 1. The van der Waals surface area contributed by atoms with Crippen molar-refractivity contribution in [2.45, 2.75) is 0 Å². The Kier molecular flexibility index (Phi) is 3.41. The molecule has 0 radical (unpaired) electrons. The largest absolute Gasteiger partial charge is 0.424 e. The minimum absolute atomic E-state index is 0.0312. The number of nitrogens with zero attached hydrogens (tertiary/aromatic N) is 4. The number of ether oxygens (including phenoxy) is 1. The SMILES string of the molecule is CN(C)c1nc(N)nc(Oc2ccc(F)c(F)c2)n1. The van der Waals surface area contributed by atoms with Crippen LogP contribution in [0.25, 0.3) is 0 Å². The van der Waals surface area contributed by atoms with Crippen molar-refractivity contribution in [1.29, 1.82) is 0 Å². The molecule has 19 heavy (non-hydrogen) atoms. The fourth-order valence-corrected chi connectivity index (χ4v) is 1.25. The number of hydrogen-bond acceptors (Lipinski definition) is 6. The number of rotatable bonds is 3. The van der Waals surface area contributed by atoms with E-state index in [0.717, 1.165) is 12.1 Å². The van der Waals surface area contributed by atoms with Crippen LogP contribution in [0.5, 0.6) is 11.8 Å². The van der Waals surface area contributed by atoms with Crippen molar-refractivity contribution in [3.05, 3.63) is 29.8 Å². The molecule has 0 spiro atoms. The Morgan fingerprint density at radius 1 is 1.11 bits per heavy atom. The second-order valence-corrected chi connectivity index (χ2v) is 3.85. The zero-order chi connectivity index (χ0) is 14.0. The molecule has 8 heteroatoms. The number of anilines is 2. The van der Waals surface area contributed by atoms with Crippen LogP contribution in [0.1, 0.15) is 0 Å². The van der Waals surface area contributed by atoms with Gasteiger partial charge in [0.1, 0.15) is 5.75 Å². The fraction of sp³-hybridized carbons (Fsp3) is 0.182. The molecule has 2 aromatic rings. The summed E-state index contributed by atoms with van der Waals surface area (Å²) < 4.78 is 31.0. The molecule has 1 aromatic heterocycles. The summed E-state index contributed by atoms with van der Waals surface area (Å²) in [4.78, 5) is 13.2. The molecule has 0 saturated heterocycles. The standard InChI is InChI=1S/C11H11F2N5O/c1-18(2)10-15-9(14)16-11(17-10)19-6-3-4-7(12)8(13)5-6/h3-5H,1-2H3,(H2,14,15,16,17). The number of aromatic nitrogens is 3. The van der Waals surface area contributed by atoms with E-state index in [4.69, 9.17) is 10.5 Å². The van der Waals surface area contributed by atoms with Gasteiger partial charge in [0.25, 0.3) is 0 Å². The summed E-state index contributed by atoms with van der Waals surface area (Å²) in [6, 6.07) is 3.00.